The maximum absolute atomic E-state index is 15.0. The third-order valence-electron chi connectivity index (χ3n) is 8.58. The average Bonchev–Trinajstić information content (AvgIpc) is 2.86. The number of hydrogen-bond acceptors (Lipinski definition) is 0. The summed E-state index contributed by atoms with van der Waals surface area (Å²) in [6.07, 6.45) is 14.1. The van der Waals surface area contributed by atoms with E-state index in [1.807, 2.05) is 0 Å². The van der Waals surface area contributed by atoms with Gasteiger partial charge in [-0.2, -0.15) is 0 Å². The first kappa shape index (κ1) is 26.0. The summed E-state index contributed by atoms with van der Waals surface area (Å²) in [5.41, 5.74) is 0.0489. The van der Waals surface area contributed by atoms with Gasteiger partial charge in [-0.05, 0) is 86.2 Å². The molecule has 0 nitrogen and oxygen atoms in total. The van der Waals surface area contributed by atoms with E-state index in [2.05, 4.69) is 13.5 Å². The Labute approximate surface area is 207 Å². The molecule has 2 aromatic carbocycles. The predicted molar refractivity (Wildman–Crippen MR) is 135 cm³/mol. The molecule has 2 fully saturated rings. The van der Waals surface area contributed by atoms with Crippen molar-refractivity contribution in [2.24, 2.45) is 23.7 Å². The fraction of sp³-hybridized carbons (Fsp3) is 0.548. The van der Waals surface area contributed by atoms with E-state index in [1.165, 1.54) is 75.6 Å². The number of fused-ring (bicyclic) bond motifs is 1. The van der Waals surface area contributed by atoms with E-state index in [4.69, 9.17) is 0 Å². The number of halogens is 4. The summed E-state index contributed by atoms with van der Waals surface area (Å²) >= 11 is 0. The SMILES string of the molecule is C=CCCc1ccc(-c2ccc(CCC3CCC4CC(CCC)CCC4C3)c(F)c2F)c(F)c1F. The van der Waals surface area contributed by atoms with E-state index in [1.54, 1.807) is 6.08 Å². The van der Waals surface area contributed by atoms with Crippen LogP contribution >= 0.6 is 0 Å². The average molecular weight is 487 g/mol. The fourth-order valence-corrected chi connectivity index (χ4v) is 6.61. The fourth-order valence-electron chi connectivity index (χ4n) is 6.61. The van der Waals surface area contributed by atoms with Gasteiger partial charge in [0, 0.05) is 11.1 Å². The van der Waals surface area contributed by atoms with E-state index >= 15 is 0 Å². The van der Waals surface area contributed by atoms with Gasteiger partial charge < -0.3 is 0 Å². The normalized spacial score (nSPS) is 24.3. The molecule has 0 heterocycles. The van der Waals surface area contributed by atoms with Gasteiger partial charge in [0.1, 0.15) is 0 Å². The van der Waals surface area contributed by atoms with Crippen molar-refractivity contribution in [1.29, 1.82) is 0 Å². The Hall–Kier alpha value is -2.10. The van der Waals surface area contributed by atoms with Crippen LogP contribution in [0.1, 0.15) is 82.3 Å². The van der Waals surface area contributed by atoms with Gasteiger partial charge in [0.15, 0.2) is 23.3 Å². The molecule has 35 heavy (non-hydrogen) atoms. The van der Waals surface area contributed by atoms with E-state index in [0.717, 1.165) is 24.2 Å². The second-order valence-electron chi connectivity index (χ2n) is 10.8. The highest BCUT2D eigenvalue weighted by Gasteiger charge is 2.35. The number of aryl methyl sites for hydroxylation is 2. The summed E-state index contributed by atoms with van der Waals surface area (Å²) in [6, 6.07) is 5.70. The summed E-state index contributed by atoms with van der Waals surface area (Å²) in [4.78, 5) is 0. The van der Waals surface area contributed by atoms with Gasteiger partial charge in [-0.3, -0.25) is 0 Å². The molecule has 4 rings (SSSR count). The van der Waals surface area contributed by atoms with Crippen molar-refractivity contribution >= 4 is 0 Å². The molecule has 0 spiro atoms. The second kappa shape index (κ2) is 11.8. The minimum atomic E-state index is -1.14. The number of allylic oxidation sites excluding steroid dienone is 1. The van der Waals surface area contributed by atoms with Gasteiger partial charge in [-0.15, -0.1) is 6.58 Å². The minimum absolute atomic E-state index is 0.206. The number of benzene rings is 2. The van der Waals surface area contributed by atoms with Crippen LogP contribution < -0.4 is 0 Å². The van der Waals surface area contributed by atoms with Crippen molar-refractivity contribution in [3.05, 3.63) is 71.3 Å². The highest BCUT2D eigenvalue weighted by Crippen LogP contribution is 2.46. The largest absolute Gasteiger partial charge is 0.203 e. The topological polar surface area (TPSA) is 0 Å². The Bertz CT molecular complexity index is 1030. The van der Waals surface area contributed by atoms with Crippen LogP contribution in [0.2, 0.25) is 0 Å². The molecule has 2 saturated carbocycles. The molecular weight excluding hydrogens is 448 g/mol. The van der Waals surface area contributed by atoms with Gasteiger partial charge in [-0.1, -0.05) is 62.9 Å². The molecule has 2 aromatic rings. The van der Waals surface area contributed by atoms with E-state index in [0.29, 0.717) is 30.7 Å². The van der Waals surface area contributed by atoms with Gasteiger partial charge in [-0.25, -0.2) is 17.6 Å². The predicted octanol–water partition coefficient (Wildman–Crippen LogP) is 9.59. The lowest BCUT2D eigenvalue weighted by Gasteiger charge is -2.42. The molecule has 0 saturated heterocycles. The Kier molecular flexibility index (Phi) is 8.73. The van der Waals surface area contributed by atoms with Gasteiger partial charge in [0.05, 0.1) is 0 Å². The molecule has 0 radical (unpaired) electrons. The van der Waals surface area contributed by atoms with Crippen molar-refractivity contribution in [3.63, 3.8) is 0 Å². The summed E-state index contributed by atoms with van der Waals surface area (Å²) < 4.78 is 59.1. The highest BCUT2D eigenvalue weighted by atomic mass is 19.2. The van der Waals surface area contributed by atoms with E-state index < -0.39 is 23.3 Å². The minimum Gasteiger partial charge on any atom is -0.203 e. The Morgan fingerprint density at radius 1 is 0.714 bits per heavy atom. The third kappa shape index (κ3) is 5.84. The van der Waals surface area contributed by atoms with Crippen LogP contribution in [0, 0.1) is 46.9 Å². The Balaban J connectivity index is 1.40. The lowest BCUT2D eigenvalue weighted by Crippen LogP contribution is -2.31. The first-order valence-electron chi connectivity index (χ1n) is 13.5. The summed E-state index contributed by atoms with van der Waals surface area (Å²) in [5.74, 6) is -1.09. The molecule has 0 amide bonds. The first-order valence-corrected chi connectivity index (χ1v) is 13.5. The summed E-state index contributed by atoms with van der Waals surface area (Å²) in [5, 5.41) is 0. The molecule has 4 atom stereocenters. The second-order valence-corrected chi connectivity index (χ2v) is 10.8. The van der Waals surface area contributed by atoms with Crippen LogP contribution in [-0.2, 0) is 12.8 Å². The van der Waals surface area contributed by atoms with Crippen LogP contribution in [0.15, 0.2) is 36.9 Å². The van der Waals surface area contributed by atoms with Crippen molar-refractivity contribution in [2.75, 3.05) is 0 Å². The van der Waals surface area contributed by atoms with Gasteiger partial charge in [0.25, 0.3) is 0 Å². The highest BCUT2D eigenvalue weighted by molar-refractivity contribution is 5.66. The van der Waals surface area contributed by atoms with Crippen LogP contribution in [0.5, 0.6) is 0 Å². The molecule has 4 unspecified atom stereocenters. The van der Waals surface area contributed by atoms with E-state index in [-0.39, 0.29) is 16.7 Å². The quantitative estimate of drug-likeness (QED) is 0.244. The van der Waals surface area contributed by atoms with Crippen LogP contribution in [-0.4, -0.2) is 0 Å². The van der Waals surface area contributed by atoms with Crippen molar-refractivity contribution in [2.45, 2.75) is 84.0 Å². The molecule has 4 heteroatoms. The van der Waals surface area contributed by atoms with Gasteiger partial charge in [0.2, 0.25) is 0 Å². The molecule has 0 bridgehead atoms. The Morgan fingerprint density at radius 2 is 1.23 bits per heavy atom. The zero-order valence-electron chi connectivity index (χ0n) is 20.9. The standard InChI is InChI=1S/C31H38F4/c1-3-5-7-22-14-16-26(30(34)28(22)32)27-17-15-23(29(33)31(27)35)11-8-21-10-13-24-18-20(6-4-2)9-12-25(24)19-21/h3,14-17,20-21,24-25H,1,4-13,18-19H2,2H3. The third-order valence-corrected chi connectivity index (χ3v) is 8.58. The maximum Gasteiger partial charge on any atom is 0.167 e. The summed E-state index contributed by atoms with van der Waals surface area (Å²) in [7, 11) is 0. The van der Waals surface area contributed by atoms with Crippen molar-refractivity contribution in [3.8, 4) is 11.1 Å². The lowest BCUT2D eigenvalue weighted by molar-refractivity contribution is 0.0921. The molecular formula is C31H38F4. The zero-order chi connectivity index (χ0) is 24.9. The molecule has 2 aliphatic carbocycles. The van der Waals surface area contributed by atoms with Gasteiger partial charge >= 0.3 is 0 Å². The van der Waals surface area contributed by atoms with Crippen LogP contribution in [0.4, 0.5) is 17.6 Å². The van der Waals surface area contributed by atoms with Crippen LogP contribution in [0.25, 0.3) is 11.1 Å². The molecule has 0 aromatic heterocycles. The number of hydrogen-bond donors (Lipinski definition) is 0. The van der Waals surface area contributed by atoms with Crippen LogP contribution in [0.3, 0.4) is 0 Å². The summed E-state index contributed by atoms with van der Waals surface area (Å²) in [6.45, 7) is 5.86. The van der Waals surface area contributed by atoms with Crippen molar-refractivity contribution < 1.29 is 17.6 Å². The molecule has 2 aliphatic rings. The van der Waals surface area contributed by atoms with Crippen molar-refractivity contribution in [1.82, 2.24) is 0 Å². The monoisotopic (exact) mass is 486 g/mol. The zero-order valence-corrected chi connectivity index (χ0v) is 20.9. The number of rotatable bonds is 9. The van der Waals surface area contributed by atoms with E-state index in [9.17, 15) is 17.6 Å². The smallest absolute Gasteiger partial charge is 0.167 e. The molecule has 190 valence electrons. The Morgan fingerprint density at radius 3 is 1.74 bits per heavy atom. The first-order chi connectivity index (χ1) is 16.9. The lowest BCUT2D eigenvalue weighted by atomic mass is 9.63. The molecule has 0 aliphatic heterocycles. The maximum atomic E-state index is 15.0. The molecule has 0 N–H and O–H groups in total.